The fourth-order valence-electron chi connectivity index (χ4n) is 3.60. The molecule has 0 spiro atoms. The van der Waals surface area contributed by atoms with Crippen LogP contribution in [0.15, 0.2) is 42.5 Å². The van der Waals surface area contributed by atoms with Gasteiger partial charge >= 0.3 is 0 Å². The van der Waals surface area contributed by atoms with Gasteiger partial charge < -0.3 is 0 Å². The number of rotatable bonds is 3. The van der Waals surface area contributed by atoms with Crippen molar-refractivity contribution in [3.63, 3.8) is 0 Å². The lowest BCUT2D eigenvalue weighted by atomic mass is 9.72. The molecule has 2 atom stereocenters. The summed E-state index contributed by atoms with van der Waals surface area (Å²) in [7, 11) is 0. The molecule has 0 saturated carbocycles. The summed E-state index contributed by atoms with van der Waals surface area (Å²) in [5, 5.41) is 9.70. The van der Waals surface area contributed by atoms with Gasteiger partial charge in [0.05, 0.1) is 28.7 Å². The van der Waals surface area contributed by atoms with E-state index < -0.39 is 11.3 Å². The Labute approximate surface area is 161 Å². The molecule has 26 heavy (non-hydrogen) atoms. The standard InChI is InChI=1S/C20H16Cl2N2O2/c1-3-17-18(25)24(16-9-14(21)8-15(22)10-16)19(26)20(17,2)13-6-4-12(11-23)5-7-13/h4-10,17H,3H2,1-2H3/t17?,20-/m0/s1. The van der Waals surface area contributed by atoms with E-state index in [0.717, 1.165) is 0 Å². The summed E-state index contributed by atoms with van der Waals surface area (Å²) in [5.41, 5.74) is 0.556. The molecule has 132 valence electrons. The number of anilines is 1. The molecular weight excluding hydrogens is 371 g/mol. The van der Waals surface area contributed by atoms with Crippen molar-refractivity contribution in [2.45, 2.75) is 25.7 Å². The van der Waals surface area contributed by atoms with Crippen molar-refractivity contribution < 1.29 is 9.59 Å². The highest BCUT2D eigenvalue weighted by atomic mass is 35.5. The number of amides is 2. The van der Waals surface area contributed by atoms with Crippen LogP contribution in [0.2, 0.25) is 10.0 Å². The molecule has 0 aliphatic carbocycles. The summed E-state index contributed by atoms with van der Waals surface area (Å²) in [4.78, 5) is 27.6. The summed E-state index contributed by atoms with van der Waals surface area (Å²) in [6.45, 7) is 3.65. The maximum atomic E-state index is 13.3. The SMILES string of the molecule is CCC1C(=O)N(c2cc(Cl)cc(Cl)c2)C(=O)[C@@]1(C)c1ccc(C#N)cc1. The van der Waals surface area contributed by atoms with E-state index in [2.05, 4.69) is 6.07 Å². The monoisotopic (exact) mass is 386 g/mol. The van der Waals surface area contributed by atoms with Gasteiger partial charge in [0.2, 0.25) is 11.8 Å². The van der Waals surface area contributed by atoms with E-state index in [0.29, 0.717) is 33.3 Å². The van der Waals surface area contributed by atoms with Crippen LogP contribution in [0.3, 0.4) is 0 Å². The Kier molecular flexibility index (Phi) is 4.79. The highest BCUT2D eigenvalue weighted by Gasteiger charge is 2.56. The van der Waals surface area contributed by atoms with Crippen molar-refractivity contribution in [3.05, 3.63) is 63.6 Å². The van der Waals surface area contributed by atoms with Gasteiger partial charge in [0.25, 0.3) is 0 Å². The number of nitrogens with zero attached hydrogens (tertiary/aromatic N) is 2. The molecule has 1 aliphatic rings. The molecule has 1 aliphatic heterocycles. The Balaban J connectivity index is 2.13. The third-order valence-corrected chi connectivity index (χ3v) is 5.43. The topological polar surface area (TPSA) is 61.2 Å². The highest BCUT2D eigenvalue weighted by molar-refractivity contribution is 6.36. The predicted octanol–water partition coefficient (Wildman–Crippen LogP) is 4.72. The number of halogens is 2. The lowest BCUT2D eigenvalue weighted by Crippen LogP contribution is -2.38. The molecule has 0 N–H and O–H groups in total. The van der Waals surface area contributed by atoms with E-state index in [4.69, 9.17) is 28.5 Å². The molecule has 1 unspecified atom stereocenters. The van der Waals surface area contributed by atoms with Crippen LogP contribution in [-0.4, -0.2) is 11.8 Å². The summed E-state index contributed by atoms with van der Waals surface area (Å²) in [6.07, 6.45) is 0.506. The Morgan fingerprint density at radius 2 is 1.69 bits per heavy atom. The average molecular weight is 387 g/mol. The second-order valence-electron chi connectivity index (χ2n) is 6.46. The minimum absolute atomic E-state index is 0.275. The Bertz CT molecular complexity index is 914. The van der Waals surface area contributed by atoms with E-state index in [1.54, 1.807) is 49.4 Å². The molecule has 1 fully saturated rings. The van der Waals surface area contributed by atoms with Gasteiger partial charge in [0.1, 0.15) is 0 Å². The summed E-state index contributed by atoms with van der Waals surface area (Å²) >= 11 is 12.1. The van der Waals surface area contributed by atoms with Crippen molar-refractivity contribution in [3.8, 4) is 6.07 Å². The van der Waals surface area contributed by atoms with Crippen molar-refractivity contribution in [2.24, 2.45) is 5.92 Å². The summed E-state index contributed by atoms with van der Waals surface area (Å²) < 4.78 is 0. The first-order chi connectivity index (χ1) is 12.3. The van der Waals surface area contributed by atoms with Crippen molar-refractivity contribution in [1.82, 2.24) is 0 Å². The molecule has 2 aromatic carbocycles. The fraction of sp³-hybridized carbons (Fsp3) is 0.250. The van der Waals surface area contributed by atoms with Gasteiger partial charge in [-0.1, -0.05) is 42.3 Å². The zero-order valence-corrected chi connectivity index (χ0v) is 15.8. The molecular formula is C20H16Cl2N2O2. The Morgan fingerprint density at radius 1 is 1.12 bits per heavy atom. The summed E-state index contributed by atoms with van der Waals surface area (Å²) in [5.74, 6) is -1.11. The van der Waals surface area contributed by atoms with E-state index in [9.17, 15) is 9.59 Å². The van der Waals surface area contributed by atoms with Crippen LogP contribution >= 0.6 is 23.2 Å². The molecule has 0 radical (unpaired) electrons. The molecule has 0 aromatic heterocycles. The zero-order chi connectivity index (χ0) is 19.1. The van der Waals surface area contributed by atoms with E-state index in [-0.39, 0.29) is 11.8 Å². The van der Waals surface area contributed by atoms with Gasteiger partial charge in [0.15, 0.2) is 0 Å². The fourth-order valence-corrected chi connectivity index (χ4v) is 4.11. The van der Waals surface area contributed by atoms with Crippen molar-refractivity contribution in [2.75, 3.05) is 4.90 Å². The summed E-state index contributed by atoms with van der Waals surface area (Å²) in [6, 6.07) is 13.5. The van der Waals surface area contributed by atoms with Crippen LogP contribution in [0, 0.1) is 17.2 Å². The first kappa shape index (κ1) is 18.4. The lowest BCUT2D eigenvalue weighted by Gasteiger charge is -2.27. The maximum Gasteiger partial charge on any atom is 0.244 e. The van der Waals surface area contributed by atoms with Crippen LogP contribution < -0.4 is 4.90 Å². The third-order valence-electron chi connectivity index (χ3n) is 4.99. The molecule has 6 heteroatoms. The van der Waals surface area contributed by atoms with Crippen LogP contribution in [-0.2, 0) is 15.0 Å². The van der Waals surface area contributed by atoms with Crippen molar-refractivity contribution >= 4 is 40.7 Å². The van der Waals surface area contributed by atoms with Crippen LogP contribution in [0.1, 0.15) is 31.4 Å². The van der Waals surface area contributed by atoms with Crippen molar-refractivity contribution in [1.29, 1.82) is 5.26 Å². The molecule has 3 rings (SSSR count). The molecule has 2 aromatic rings. The number of imide groups is 1. The van der Waals surface area contributed by atoms with Gasteiger partial charge in [0, 0.05) is 10.0 Å². The normalized spacial score (nSPS) is 22.6. The predicted molar refractivity (Wildman–Crippen MR) is 101 cm³/mol. The number of benzene rings is 2. The van der Waals surface area contributed by atoms with E-state index >= 15 is 0 Å². The molecule has 4 nitrogen and oxygen atoms in total. The minimum atomic E-state index is -1.02. The largest absolute Gasteiger partial charge is 0.274 e. The van der Waals surface area contributed by atoms with Gasteiger partial charge in [-0.05, 0) is 49.2 Å². The second-order valence-corrected chi connectivity index (χ2v) is 7.33. The average Bonchev–Trinajstić information content (AvgIpc) is 2.80. The maximum absolute atomic E-state index is 13.3. The van der Waals surface area contributed by atoms with Crippen LogP contribution in [0.25, 0.3) is 0 Å². The number of carbonyl (C=O) groups excluding carboxylic acids is 2. The van der Waals surface area contributed by atoms with Gasteiger partial charge in [-0.15, -0.1) is 0 Å². The quantitative estimate of drug-likeness (QED) is 0.716. The smallest absolute Gasteiger partial charge is 0.244 e. The molecule has 0 bridgehead atoms. The zero-order valence-electron chi connectivity index (χ0n) is 14.3. The van der Waals surface area contributed by atoms with Gasteiger partial charge in [-0.25, -0.2) is 4.90 Å². The molecule has 1 heterocycles. The van der Waals surface area contributed by atoms with E-state index in [1.165, 1.54) is 4.90 Å². The Morgan fingerprint density at radius 3 is 2.19 bits per heavy atom. The first-order valence-corrected chi connectivity index (χ1v) is 8.93. The van der Waals surface area contributed by atoms with E-state index in [1.807, 2.05) is 6.92 Å². The third kappa shape index (κ3) is 2.78. The van der Waals surface area contributed by atoms with Gasteiger partial charge in [-0.3, -0.25) is 9.59 Å². The second kappa shape index (κ2) is 6.75. The highest BCUT2D eigenvalue weighted by Crippen LogP contribution is 2.45. The number of hydrogen-bond acceptors (Lipinski definition) is 3. The molecule has 2 amide bonds. The number of hydrogen-bond donors (Lipinski definition) is 0. The Hall–Kier alpha value is -2.35. The number of nitriles is 1. The molecule has 1 saturated heterocycles. The lowest BCUT2D eigenvalue weighted by molar-refractivity contribution is -0.122. The van der Waals surface area contributed by atoms with Crippen LogP contribution in [0.5, 0.6) is 0 Å². The van der Waals surface area contributed by atoms with Gasteiger partial charge in [-0.2, -0.15) is 5.26 Å². The number of carbonyl (C=O) groups is 2. The first-order valence-electron chi connectivity index (χ1n) is 8.18. The van der Waals surface area contributed by atoms with Crippen LogP contribution in [0.4, 0.5) is 5.69 Å². The minimum Gasteiger partial charge on any atom is -0.274 e.